The van der Waals surface area contributed by atoms with Gasteiger partial charge < -0.3 is 25.4 Å². The fraction of sp³-hybridized carbons (Fsp3) is 0.476. The van der Waals surface area contributed by atoms with E-state index in [1.807, 2.05) is 0 Å². The van der Waals surface area contributed by atoms with E-state index in [9.17, 15) is 10.2 Å². The van der Waals surface area contributed by atoms with Gasteiger partial charge in [0.05, 0.1) is 19.0 Å². The molecule has 1 saturated heterocycles. The number of nitrogens with two attached hydrogens (primary N) is 1. The normalized spacial score (nSPS) is 27.4. The number of hydroxylamine groups is 1. The SMILES string of the molecule is Cc1cc2c(cc1C)OCC(NOC[C@H]1O[C@@H](n3cnc4c(N)ncnc43)[C@H](O)[C@@H]1O)C2. The fourth-order valence-electron chi connectivity index (χ4n) is 4.13. The summed E-state index contributed by atoms with van der Waals surface area (Å²) in [6.45, 7) is 4.65. The number of hydrogen-bond donors (Lipinski definition) is 4. The van der Waals surface area contributed by atoms with Gasteiger partial charge >= 0.3 is 0 Å². The molecule has 2 aromatic heterocycles. The van der Waals surface area contributed by atoms with Gasteiger partial charge in [0.15, 0.2) is 17.7 Å². The summed E-state index contributed by atoms with van der Waals surface area (Å²) in [5.74, 6) is 1.14. The van der Waals surface area contributed by atoms with Gasteiger partial charge in [0.1, 0.15) is 42.5 Å². The summed E-state index contributed by atoms with van der Waals surface area (Å²) < 4.78 is 13.3. The van der Waals surface area contributed by atoms with Crippen molar-refractivity contribution in [1.82, 2.24) is 25.0 Å². The van der Waals surface area contributed by atoms with Crippen LogP contribution in [0, 0.1) is 13.8 Å². The standard InChI is InChI=1S/C21H26N6O5/c1-10-3-12-5-13(6-30-14(12)4-11(10)2)26-31-7-15-17(28)18(29)21(32-15)27-9-25-16-19(22)23-8-24-20(16)27/h3-4,8-9,13,15,17-18,21,26,28-29H,5-7H2,1-2H3,(H2,22,23,24)/t13?,15-,17-,18-,21-/m1/s1. The highest BCUT2D eigenvalue weighted by Gasteiger charge is 2.44. The summed E-state index contributed by atoms with van der Waals surface area (Å²) >= 11 is 0. The molecule has 1 aromatic carbocycles. The van der Waals surface area contributed by atoms with Crippen LogP contribution in [-0.2, 0) is 16.0 Å². The van der Waals surface area contributed by atoms with Gasteiger partial charge in [-0.15, -0.1) is 0 Å². The highest BCUT2D eigenvalue weighted by molar-refractivity contribution is 5.81. The molecule has 11 heteroatoms. The van der Waals surface area contributed by atoms with Gasteiger partial charge in [-0.25, -0.2) is 15.0 Å². The molecule has 5 atom stereocenters. The number of benzene rings is 1. The van der Waals surface area contributed by atoms with E-state index in [1.165, 1.54) is 28.3 Å². The first-order chi connectivity index (χ1) is 15.4. The van der Waals surface area contributed by atoms with Crippen LogP contribution in [0.4, 0.5) is 5.82 Å². The Balaban J connectivity index is 1.20. The number of aliphatic hydroxyl groups excluding tert-OH is 2. The van der Waals surface area contributed by atoms with Crippen molar-refractivity contribution in [1.29, 1.82) is 0 Å². The number of nitrogens with zero attached hydrogens (tertiary/aromatic N) is 4. The average molecular weight is 442 g/mol. The molecule has 0 aliphatic carbocycles. The molecule has 2 aliphatic rings. The van der Waals surface area contributed by atoms with E-state index < -0.39 is 24.5 Å². The molecule has 0 saturated carbocycles. The molecule has 1 unspecified atom stereocenters. The van der Waals surface area contributed by atoms with Gasteiger partial charge in [0.2, 0.25) is 0 Å². The molecule has 2 aliphatic heterocycles. The van der Waals surface area contributed by atoms with E-state index in [1.54, 1.807) is 0 Å². The number of aromatic nitrogens is 4. The topological polar surface area (TPSA) is 150 Å². The van der Waals surface area contributed by atoms with Gasteiger partial charge in [0, 0.05) is 0 Å². The van der Waals surface area contributed by atoms with Crippen LogP contribution < -0.4 is 16.0 Å². The van der Waals surface area contributed by atoms with Crippen molar-refractivity contribution in [3.8, 4) is 5.75 Å². The van der Waals surface area contributed by atoms with Gasteiger partial charge in [-0.2, -0.15) is 5.48 Å². The van der Waals surface area contributed by atoms with E-state index in [2.05, 4.69) is 46.4 Å². The summed E-state index contributed by atoms with van der Waals surface area (Å²) in [4.78, 5) is 17.9. The first-order valence-electron chi connectivity index (χ1n) is 10.5. The summed E-state index contributed by atoms with van der Waals surface area (Å²) in [5, 5.41) is 21.0. The van der Waals surface area contributed by atoms with Crippen molar-refractivity contribution in [2.75, 3.05) is 18.9 Å². The molecule has 5 rings (SSSR count). The number of nitrogens with one attached hydrogen (secondary N) is 1. The number of anilines is 1. The molecule has 0 spiro atoms. The van der Waals surface area contributed by atoms with E-state index in [0.29, 0.717) is 17.8 Å². The van der Waals surface area contributed by atoms with Gasteiger partial charge in [-0.3, -0.25) is 9.40 Å². The van der Waals surface area contributed by atoms with Crippen molar-refractivity contribution in [2.24, 2.45) is 0 Å². The average Bonchev–Trinajstić information content (AvgIpc) is 3.32. The van der Waals surface area contributed by atoms with Crippen LogP contribution in [0.1, 0.15) is 22.9 Å². The predicted octanol–water partition coefficient (Wildman–Crippen LogP) is 0.169. The molecule has 4 heterocycles. The maximum Gasteiger partial charge on any atom is 0.167 e. The monoisotopic (exact) mass is 442 g/mol. The number of imidazole rings is 1. The van der Waals surface area contributed by atoms with Crippen LogP contribution in [0.25, 0.3) is 11.2 Å². The van der Waals surface area contributed by atoms with Crippen LogP contribution >= 0.6 is 0 Å². The number of fused-ring (bicyclic) bond motifs is 2. The van der Waals surface area contributed by atoms with Crippen molar-refractivity contribution in [3.05, 3.63) is 41.5 Å². The Bertz CT molecular complexity index is 1140. The van der Waals surface area contributed by atoms with Crippen LogP contribution in [0.3, 0.4) is 0 Å². The molecule has 0 radical (unpaired) electrons. The largest absolute Gasteiger partial charge is 0.492 e. The highest BCUT2D eigenvalue weighted by atomic mass is 16.7. The molecule has 11 nitrogen and oxygen atoms in total. The molecule has 170 valence electrons. The Kier molecular flexibility index (Phi) is 5.43. The number of hydrogen-bond acceptors (Lipinski definition) is 10. The third kappa shape index (κ3) is 3.67. The minimum Gasteiger partial charge on any atom is -0.492 e. The second-order valence-electron chi connectivity index (χ2n) is 8.31. The van der Waals surface area contributed by atoms with E-state index in [-0.39, 0.29) is 18.5 Å². The Morgan fingerprint density at radius 3 is 2.84 bits per heavy atom. The van der Waals surface area contributed by atoms with Crippen molar-refractivity contribution < 1.29 is 24.5 Å². The zero-order valence-electron chi connectivity index (χ0n) is 17.8. The van der Waals surface area contributed by atoms with Gasteiger partial charge in [-0.1, -0.05) is 6.07 Å². The van der Waals surface area contributed by atoms with Crippen LogP contribution in [-0.4, -0.2) is 67.3 Å². The lowest BCUT2D eigenvalue weighted by Crippen LogP contribution is -2.42. The van der Waals surface area contributed by atoms with E-state index in [0.717, 1.165) is 17.7 Å². The van der Waals surface area contributed by atoms with E-state index >= 15 is 0 Å². The maximum atomic E-state index is 10.5. The van der Waals surface area contributed by atoms with Crippen molar-refractivity contribution >= 4 is 17.0 Å². The second-order valence-corrected chi connectivity index (χ2v) is 8.31. The first-order valence-corrected chi connectivity index (χ1v) is 10.5. The minimum atomic E-state index is -1.19. The van der Waals surface area contributed by atoms with Crippen LogP contribution in [0.2, 0.25) is 0 Å². The number of ether oxygens (including phenoxy) is 2. The summed E-state index contributed by atoms with van der Waals surface area (Å²) in [6.07, 6.45) is -0.433. The summed E-state index contributed by atoms with van der Waals surface area (Å²) in [5.41, 5.74) is 13.2. The van der Waals surface area contributed by atoms with E-state index in [4.69, 9.17) is 20.0 Å². The lowest BCUT2D eigenvalue weighted by molar-refractivity contribution is -0.0955. The molecule has 1 fully saturated rings. The molecule has 0 amide bonds. The fourth-order valence-corrected chi connectivity index (χ4v) is 4.13. The Morgan fingerprint density at radius 2 is 2.00 bits per heavy atom. The quantitative estimate of drug-likeness (QED) is 0.403. The minimum absolute atomic E-state index is 0.0365. The number of rotatable bonds is 5. The lowest BCUT2D eigenvalue weighted by Gasteiger charge is -2.27. The Hall–Kier alpha value is -2.83. The third-order valence-corrected chi connectivity index (χ3v) is 6.08. The highest BCUT2D eigenvalue weighted by Crippen LogP contribution is 2.32. The molecular formula is C21H26N6O5. The third-order valence-electron chi connectivity index (χ3n) is 6.08. The smallest absolute Gasteiger partial charge is 0.167 e. The zero-order chi connectivity index (χ0) is 22.4. The van der Waals surface area contributed by atoms with Crippen molar-refractivity contribution in [2.45, 2.75) is 50.8 Å². The molecule has 32 heavy (non-hydrogen) atoms. The summed E-state index contributed by atoms with van der Waals surface area (Å²) in [7, 11) is 0. The lowest BCUT2D eigenvalue weighted by atomic mass is 9.98. The number of aryl methyl sites for hydroxylation is 2. The first kappa shape index (κ1) is 21.0. The van der Waals surface area contributed by atoms with Crippen molar-refractivity contribution in [3.63, 3.8) is 0 Å². The van der Waals surface area contributed by atoms with Gasteiger partial charge in [0.25, 0.3) is 0 Å². The van der Waals surface area contributed by atoms with Crippen LogP contribution in [0.5, 0.6) is 5.75 Å². The Labute approximate surface area is 184 Å². The summed E-state index contributed by atoms with van der Waals surface area (Å²) in [6, 6.07) is 4.15. The second kappa shape index (κ2) is 8.26. The molecule has 5 N–H and O–H groups in total. The van der Waals surface area contributed by atoms with Crippen LogP contribution in [0.15, 0.2) is 24.8 Å². The molecule has 0 bridgehead atoms. The number of nitrogen functional groups attached to an aromatic ring is 1. The Morgan fingerprint density at radius 1 is 1.19 bits per heavy atom. The maximum absolute atomic E-state index is 10.5. The molecular weight excluding hydrogens is 416 g/mol. The number of aliphatic hydroxyl groups is 2. The zero-order valence-corrected chi connectivity index (χ0v) is 17.8. The predicted molar refractivity (Wildman–Crippen MR) is 114 cm³/mol. The van der Waals surface area contributed by atoms with Gasteiger partial charge in [-0.05, 0) is 43.0 Å². The molecule has 3 aromatic rings.